The molecule has 0 saturated heterocycles. The van der Waals surface area contributed by atoms with Crippen LogP contribution >= 0.6 is 0 Å². The van der Waals surface area contributed by atoms with Gasteiger partial charge in [0, 0.05) is 21.5 Å². The molecule has 0 aliphatic heterocycles. The second-order valence-corrected chi connectivity index (χ2v) is 7.60. The molecule has 6 aromatic rings. The van der Waals surface area contributed by atoms with E-state index >= 15 is 0 Å². The van der Waals surface area contributed by atoms with Crippen molar-refractivity contribution in [2.45, 2.75) is 0 Å². The summed E-state index contributed by atoms with van der Waals surface area (Å²) >= 11 is 0. The summed E-state index contributed by atoms with van der Waals surface area (Å²) in [5.74, 6) is 0. The molecule has 0 aliphatic rings. The first-order chi connectivity index (χ1) is 14.8. The van der Waals surface area contributed by atoms with Crippen LogP contribution in [0.4, 0.5) is 0 Å². The van der Waals surface area contributed by atoms with Crippen LogP contribution in [0.1, 0.15) is 0 Å². The van der Waals surface area contributed by atoms with E-state index < -0.39 is 7.12 Å². The third-order valence-corrected chi connectivity index (χ3v) is 6.01. The Morgan fingerprint density at radius 3 is 1.27 bits per heavy atom. The summed E-state index contributed by atoms with van der Waals surface area (Å²) in [7, 11) is -1.55. The molecule has 0 unspecified atom stereocenters. The van der Waals surface area contributed by atoms with Crippen molar-refractivity contribution in [2.24, 2.45) is 0 Å². The van der Waals surface area contributed by atoms with Gasteiger partial charge in [0.05, 0.1) is 16.7 Å². The molecule has 0 amide bonds. The lowest BCUT2D eigenvalue weighted by Gasteiger charge is -2.19. The van der Waals surface area contributed by atoms with Crippen molar-refractivity contribution < 1.29 is 10.0 Å². The van der Waals surface area contributed by atoms with Crippen LogP contribution < -0.4 is 5.46 Å². The lowest BCUT2D eigenvalue weighted by Crippen LogP contribution is -2.31. The topological polar surface area (TPSA) is 45.4 Å². The predicted octanol–water partition coefficient (Wildman–Crippen LogP) is 4.77. The number of nitrogens with zero attached hydrogens (tertiary/aromatic N) is 1. The molecule has 4 heteroatoms. The highest BCUT2D eigenvalue weighted by molar-refractivity contribution is 6.66. The Morgan fingerprint density at radius 1 is 0.467 bits per heavy atom. The first-order valence-electron chi connectivity index (χ1n) is 10.0. The smallest absolute Gasteiger partial charge is 0.423 e. The molecule has 1 aromatic heterocycles. The zero-order valence-electron chi connectivity index (χ0n) is 16.2. The van der Waals surface area contributed by atoms with Gasteiger partial charge >= 0.3 is 7.12 Å². The van der Waals surface area contributed by atoms with E-state index in [1.165, 1.54) is 10.8 Å². The van der Waals surface area contributed by atoms with Crippen LogP contribution in [0.25, 0.3) is 49.0 Å². The number of hydrogen-bond donors (Lipinski definition) is 2. The zero-order valence-corrected chi connectivity index (χ0v) is 16.2. The lowest BCUT2D eigenvalue weighted by atomic mass is 9.73. The maximum absolute atomic E-state index is 10.2. The molecule has 0 radical (unpaired) electrons. The van der Waals surface area contributed by atoms with Gasteiger partial charge in [-0.3, -0.25) is 0 Å². The molecule has 2 N–H and O–H groups in total. The van der Waals surface area contributed by atoms with Gasteiger partial charge in [-0.25, -0.2) is 0 Å². The summed E-state index contributed by atoms with van der Waals surface area (Å²) in [4.78, 5) is 0. The van der Waals surface area contributed by atoms with E-state index in [1.807, 2.05) is 36.4 Å². The fraction of sp³-hybridized carbons (Fsp3) is 0. The van der Waals surface area contributed by atoms with E-state index in [4.69, 9.17) is 0 Å². The number of hydrogen-bond acceptors (Lipinski definition) is 2. The Balaban J connectivity index is 1.93. The summed E-state index contributed by atoms with van der Waals surface area (Å²) in [6, 6.07) is 32.8. The van der Waals surface area contributed by atoms with Crippen LogP contribution in [0, 0.1) is 0 Å². The van der Waals surface area contributed by atoms with Crippen LogP contribution in [0.15, 0.2) is 97.1 Å². The largest absolute Gasteiger partial charge is 0.489 e. The van der Waals surface area contributed by atoms with Gasteiger partial charge in [0.15, 0.2) is 0 Å². The Kier molecular flexibility index (Phi) is 3.72. The van der Waals surface area contributed by atoms with Crippen LogP contribution in [-0.2, 0) is 0 Å². The molecule has 0 aliphatic carbocycles. The van der Waals surface area contributed by atoms with Gasteiger partial charge in [-0.05, 0) is 28.4 Å². The average Bonchev–Trinajstić information content (AvgIpc) is 3.11. The second kappa shape index (κ2) is 6.46. The van der Waals surface area contributed by atoms with Gasteiger partial charge in [0.2, 0.25) is 0 Å². The second-order valence-electron chi connectivity index (χ2n) is 7.60. The van der Waals surface area contributed by atoms with E-state index in [9.17, 15) is 10.0 Å². The maximum atomic E-state index is 10.2. The summed E-state index contributed by atoms with van der Waals surface area (Å²) in [5.41, 5.74) is 3.87. The van der Waals surface area contributed by atoms with Crippen LogP contribution in [0.3, 0.4) is 0 Å². The third-order valence-electron chi connectivity index (χ3n) is 6.01. The van der Waals surface area contributed by atoms with Crippen molar-refractivity contribution in [3.63, 3.8) is 0 Å². The molecule has 0 spiro atoms. The number of aromatic nitrogens is 1. The minimum atomic E-state index is -1.55. The van der Waals surface area contributed by atoms with Crippen molar-refractivity contribution in [2.75, 3.05) is 0 Å². The molecule has 142 valence electrons. The Morgan fingerprint density at radius 2 is 0.833 bits per heavy atom. The normalized spacial score (nSPS) is 11.7. The Bertz CT molecular complexity index is 1470. The van der Waals surface area contributed by atoms with E-state index in [0.717, 1.165) is 38.3 Å². The molecular formula is C26H18BNO2. The van der Waals surface area contributed by atoms with E-state index in [2.05, 4.69) is 65.2 Å². The third kappa shape index (κ3) is 2.29. The molecule has 30 heavy (non-hydrogen) atoms. The van der Waals surface area contributed by atoms with Crippen molar-refractivity contribution in [3.05, 3.63) is 97.1 Å². The highest BCUT2D eigenvalue weighted by Gasteiger charge is 2.23. The van der Waals surface area contributed by atoms with Crippen molar-refractivity contribution >= 4 is 55.9 Å². The SMILES string of the molecule is OB(O)c1c2ccccc2c(-n2c3ccccc3c3ccccc32)c2ccccc12. The molecule has 3 nitrogen and oxygen atoms in total. The van der Waals surface area contributed by atoms with Gasteiger partial charge in [-0.15, -0.1) is 0 Å². The van der Waals surface area contributed by atoms with Crippen molar-refractivity contribution in [1.82, 2.24) is 4.57 Å². The van der Waals surface area contributed by atoms with E-state index in [-0.39, 0.29) is 0 Å². The number of fused-ring (bicyclic) bond motifs is 5. The molecule has 6 rings (SSSR count). The van der Waals surface area contributed by atoms with Crippen LogP contribution in [0.5, 0.6) is 0 Å². The molecule has 5 aromatic carbocycles. The van der Waals surface area contributed by atoms with Gasteiger partial charge in [-0.2, -0.15) is 0 Å². The van der Waals surface area contributed by atoms with Crippen LogP contribution in [-0.4, -0.2) is 21.7 Å². The maximum Gasteiger partial charge on any atom is 0.489 e. The minimum absolute atomic E-state index is 0.547. The van der Waals surface area contributed by atoms with E-state index in [0.29, 0.717) is 5.46 Å². The molecule has 0 bridgehead atoms. The van der Waals surface area contributed by atoms with Crippen molar-refractivity contribution in [1.29, 1.82) is 0 Å². The zero-order chi connectivity index (χ0) is 20.2. The molecule has 0 fully saturated rings. The number of para-hydroxylation sites is 2. The van der Waals surface area contributed by atoms with Gasteiger partial charge in [0.25, 0.3) is 0 Å². The summed E-state index contributed by atoms with van der Waals surface area (Å²) in [5, 5.41) is 26.6. The quantitative estimate of drug-likeness (QED) is 0.332. The highest BCUT2D eigenvalue weighted by atomic mass is 16.4. The van der Waals surface area contributed by atoms with Gasteiger partial charge in [0.1, 0.15) is 0 Å². The Labute approximate surface area is 173 Å². The minimum Gasteiger partial charge on any atom is -0.423 e. The van der Waals surface area contributed by atoms with Crippen LogP contribution in [0.2, 0.25) is 0 Å². The molecule has 0 atom stereocenters. The lowest BCUT2D eigenvalue weighted by molar-refractivity contribution is 0.426. The number of benzene rings is 5. The standard InChI is InChI=1S/C26H18BNO2/c29-27(30)25-19-11-1-3-13-21(19)26(22-14-4-2-12-20(22)25)28-23-15-7-5-9-17(23)18-10-6-8-16-24(18)28/h1-16,29-30H. The molecule has 0 saturated carbocycles. The monoisotopic (exact) mass is 387 g/mol. The van der Waals surface area contributed by atoms with E-state index in [1.54, 1.807) is 0 Å². The Hall–Kier alpha value is -3.60. The van der Waals surface area contributed by atoms with Gasteiger partial charge in [-0.1, -0.05) is 84.9 Å². The summed E-state index contributed by atoms with van der Waals surface area (Å²) < 4.78 is 2.31. The first kappa shape index (κ1) is 17.3. The first-order valence-corrected chi connectivity index (χ1v) is 10.0. The highest BCUT2D eigenvalue weighted by Crippen LogP contribution is 2.37. The fourth-order valence-electron chi connectivity index (χ4n) is 4.82. The molecule has 1 heterocycles. The predicted molar refractivity (Wildman–Crippen MR) is 126 cm³/mol. The van der Waals surface area contributed by atoms with Gasteiger partial charge < -0.3 is 14.6 Å². The summed E-state index contributed by atoms with van der Waals surface area (Å²) in [6.07, 6.45) is 0. The van der Waals surface area contributed by atoms with Crippen molar-refractivity contribution in [3.8, 4) is 5.69 Å². The summed E-state index contributed by atoms with van der Waals surface area (Å²) in [6.45, 7) is 0. The average molecular weight is 387 g/mol. The molecular weight excluding hydrogens is 369 g/mol. The number of rotatable bonds is 2. The fourth-order valence-corrected chi connectivity index (χ4v) is 4.82.